The van der Waals surface area contributed by atoms with Crippen molar-refractivity contribution in [2.45, 2.75) is 44.9 Å². The average molecular weight is 306 g/mol. The van der Waals surface area contributed by atoms with Crippen LogP contribution >= 0.6 is 11.6 Å². The number of amides is 1. The molecule has 0 saturated heterocycles. The van der Waals surface area contributed by atoms with Crippen LogP contribution in [0.15, 0.2) is 12.3 Å². The van der Waals surface area contributed by atoms with Crippen molar-refractivity contribution < 1.29 is 4.79 Å². The second kappa shape index (κ2) is 4.94. The maximum atomic E-state index is 12.4. The molecule has 4 bridgehead atoms. The van der Waals surface area contributed by atoms with Crippen LogP contribution in [-0.2, 0) is 4.79 Å². The smallest absolute Gasteiger partial charge is 0.230 e. The minimum Gasteiger partial charge on any atom is -0.294 e. The molecule has 4 saturated carbocycles. The highest BCUT2D eigenvalue weighted by atomic mass is 35.5. The van der Waals surface area contributed by atoms with E-state index in [2.05, 4.69) is 15.3 Å². The van der Waals surface area contributed by atoms with Gasteiger partial charge in [0.2, 0.25) is 11.9 Å². The topological polar surface area (TPSA) is 54.9 Å². The van der Waals surface area contributed by atoms with Gasteiger partial charge < -0.3 is 0 Å². The number of hydrogen-bond donors (Lipinski definition) is 1. The summed E-state index contributed by atoms with van der Waals surface area (Å²) in [4.78, 5) is 20.5. The Kier molecular flexibility index (Phi) is 3.18. The minimum absolute atomic E-state index is 0.0409. The zero-order valence-electron chi connectivity index (χ0n) is 12.0. The second-order valence-electron chi connectivity index (χ2n) is 7.35. The van der Waals surface area contributed by atoms with Gasteiger partial charge >= 0.3 is 0 Å². The van der Waals surface area contributed by atoms with E-state index in [4.69, 9.17) is 11.6 Å². The molecule has 0 unspecified atom stereocenters. The zero-order chi connectivity index (χ0) is 14.4. The van der Waals surface area contributed by atoms with Crippen molar-refractivity contribution in [2.24, 2.45) is 23.2 Å². The Labute approximate surface area is 129 Å². The normalized spacial score (nSPS) is 36.7. The van der Waals surface area contributed by atoms with E-state index >= 15 is 0 Å². The third-order valence-electron chi connectivity index (χ3n) is 5.57. The van der Waals surface area contributed by atoms with Gasteiger partial charge in [-0.15, -0.1) is 0 Å². The average Bonchev–Trinajstić information content (AvgIpc) is 2.35. The molecule has 112 valence electrons. The van der Waals surface area contributed by atoms with Crippen LogP contribution in [-0.4, -0.2) is 15.9 Å². The lowest BCUT2D eigenvalue weighted by atomic mass is 9.49. The SMILES string of the molecule is O=C(CC12CC3CC(CC(C3)C1)C2)Nc1nccc(Cl)n1. The molecule has 0 aromatic carbocycles. The molecule has 1 amide bonds. The van der Waals surface area contributed by atoms with Gasteiger partial charge in [0.1, 0.15) is 5.15 Å². The summed E-state index contributed by atoms with van der Waals surface area (Å²) in [5, 5.41) is 3.17. The van der Waals surface area contributed by atoms with Crippen LogP contribution in [0.1, 0.15) is 44.9 Å². The fourth-order valence-corrected chi connectivity index (χ4v) is 5.55. The van der Waals surface area contributed by atoms with Crippen molar-refractivity contribution in [1.82, 2.24) is 9.97 Å². The fraction of sp³-hybridized carbons (Fsp3) is 0.688. The van der Waals surface area contributed by atoms with E-state index in [9.17, 15) is 4.79 Å². The number of carbonyl (C=O) groups excluding carboxylic acids is 1. The highest BCUT2D eigenvalue weighted by Gasteiger charge is 2.51. The monoisotopic (exact) mass is 305 g/mol. The molecule has 0 radical (unpaired) electrons. The van der Waals surface area contributed by atoms with Crippen LogP contribution in [0.5, 0.6) is 0 Å². The Morgan fingerprint density at radius 3 is 2.43 bits per heavy atom. The number of aromatic nitrogens is 2. The van der Waals surface area contributed by atoms with Crippen molar-refractivity contribution in [2.75, 3.05) is 5.32 Å². The van der Waals surface area contributed by atoms with Gasteiger partial charge in [-0.25, -0.2) is 9.97 Å². The third kappa shape index (κ3) is 2.66. The predicted molar refractivity (Wildman–Crippen MR) is 80.9 cm³/mol. The summed E-state index contributed by atoms with van der Waals surface area (Å²) in [5.41, 5.74) is 0.247. The number of halogens is 1. The predicted octanol–water partition coefficient (Wildman–Crippen LogP) is 3.68. The van der Waals surface area contributed by atoms with Gasteiger partial charge in [0, 0.05) is 12.6 Å². The number of nitrogens with zero attached hydrogens (tertiary/aromatic N) is 2. The number of hydrogen-bond acceptors (Lipinski definition) is 3. The van der Waals surface area contributed by atoms with Gasteiger partial charge in [0.15, 0.2) is 0 Å². The lowest BCUT2D eigenvalue weighted by Gasteiger charge is -2.56. The quantitative estimate of drug-likeness (QED) is 0.867. The first kappa shape index (κ1) is 13.5. The molecule has 0 aliphatic heterocycles. The lowest BCUT2D eigenvalue weighted by molar-refractivity contribution is -0.124. The Hall–Kier alpha value is -1.16. The molecule has 4 nitrogen and oxygen atoms in total. The summed E-state index contributed by atoms with van der Waals surface area (Å²) < 4.78 is 0. The first-order valence-electron chi connectivity index (χ1n) is 7.89. The largest absolute Gasteiger partial charge is 0.294 e. The van der Waals surface area contributed by atoms with Gasteiger partial charge in [-0.05, 0) is 67.8 Å². The molecule has 5 heteroatoms. The minimum atomic E-state index is 0.0409. The van der Waals surface area contributed by atoms with E-state index < -0.39 is 0 Å². The molecule has 0 spiro atoms. The van der Waals surface area contributed by atoms with Gasteiger partial charge in [0.25, 0.3) is 0 Å². The molecule has 1 aromatic heterocycles. The van der Waals surface area contributed by atoms with Crippen LogP contribution in [0.2, 0.25) is 5.15 Å². The summed E-state index contributed by atoms with van der Waals surface area (Å²) in [6.07, 6.45) is 10.1. The van der Waals surface area contributed by atoms with Crippen LogP contribution in [0.3, 0.4) is 0 Å². The molecule has 1 aromatic rings. The number of carbonyl (C=O) groups is 1. The highest BCUT2D eigenvalue weighted by Crippen LogP contribution is 2.61. The summed E-state index contributed by atoms with van der Waals surface area (Å²) >= 11 is 5.83. The molecule has 4 aliphatic carbocycles. The Balaban J connectivity index is 1.45. The third-order valence-corrected chi connectivity index (χ3v) is 5.78. The van der Waals surface area contributed by atoms with Crippen LogP contribution in [0.25, 0.3) is 0 Å². The van der Waals surface area contributed by atoms with E-state index in [1.54, 1.807) is 12.3 Å². The Bertz CT molecular complexity index is 539. The van der Waals surface area contributed by atoms with Crippen molar-refractivity contribution in [3.8, 4) is 0 Å². The highest BCUT2D eigenvalue weighted by molar-refractivity contribution is 6.29. The molecular weight excluding hydrogens is 286 g/mol. The van der Waals surface area contributed by atoms with E-state index in [0.717, 1.165) is 17.8 Å². The number of rotatable bonds is 3. The molecule has 0 atom stereocenters. The van der Waals surface area contributed by atoms with E-state index in [0.29, 0.717) is 17.5 Å². The summed E-state index contributed by atoms with van der Waals surface area (Å²) in [6.45, 7) is 0. The number of anilines is 1. The van der Waals surface area contributed by atoms with Crippen LogP contribution < -0.4 is 5.32 Å². The fourth-order valence-electron chi connectivity index (χ4n) is 5.41. The molecule has 1 N–H and O–H groups in total. The second-order valence-corrected chi connectivity index (χ2v) is 7.73. The summed E-state index contributed by atoms with van der Waals surface area (Å²) in [6, 6.07) is 1.61. The van der Waals surface area contributed by atoms with Crippen molar-refractivity contribution >= 4 is 23.5 Å². The van der Waals surface area contributed by atoms with E-state index in [-0.39, 0.29) is 11.3 Å². The molecular formula is C16H20ClN3O. The molecule has 4 fully saturated rings. The zero-order valence-corrected chi connectivity index (χ0v) is 12.8. The lowest BCUT2D eigenvalue weighted by Crippen LogP contribution is -2.47. The standard InChI is InChI=1S/C16H20ClN3O/c17-13-1-2-18-15(19-13)20-14(21)9-16-6-10-3-11(7-16)5-12(4-10)8-16/h1-2,10-12H,3-9H2,(H,18,19,20,21). The van der Waals surface area contributed by atoms with E-state index in [1.807, 2.05) is 0 Å². The van der Waals surface area contributed by atoms with Crippen molar-refractivity contribution in [3.63, 3.8) is 0 Å². The maximum Gasteiger partial charge on any atom is 0.230 e. The summed E-state index contributed by atoms with van der Waals surface area (Å²) in [7, 11) is 0. The van der Waals surface area contributed by atoms with Crippen LogP contribution in [0, 0.1) is 23.2 Å². The maximum absolute atomic E-state index is 12.4. The van der Waals surface area contributed by atoms with Gasteiger partial charge in [-0.3, -0.25) is 10.1 Å². The Morgan fingerprint density at radius 2 is 1.86 bits per heavy atom. The van der Waals surface area contributed by atoms with Crippen molar-refractivity contribution in [3.05, 3.63) is 17.4 Å². The molecule has 4 aliphatic rings. The molecule has 1 heterocycles. The van der Waals surface area contributed by atoms with Gasteiger partial charge in [-0.1, -0.05) is 11.6 Å². The Morgan fingerprint density at radius 1 is 1.24 bits per heavy atom. The van der Waals surface area contributed by atoms with E-state index in [1.165, 1.54) is 38.5 Å². The first-order chi connectivity index (χ1) is 10.1. The van der Waals surface area contributed by atoms with Gasteiger partial charge in [0.05, 0.1) is 0 Å². The van der Waals surface area contributed by atoms with Crippen LogP contribution in [0.4, 0.5) is 5.95 Å². The van der Waals surface area contributed by atoms with Gasteiger partial charge in [-0.2, -0.15) is 0 Å². The molecule has 21 heavy (non-hydrogen) atoms. The van der Waals surface area contributed by atoms with Crippen molar-refractivity contribution in [1.29, 1.82) is 0 Å². The summed E-state index contributed by atoms with van der Waals surface area (Å²) in [5.74, 6) is 2.96. The number of nitrogens with one attached hydrogen (secondary N) is 1. The first-order valence-corrected chi connectivity index (χ1v) is 8.26. The molecule has 5 rings (SSSR count).